The lowest BCUT2D eigenvalue weighted by Gasteiger charge is -2.10. The molecule has 0 spiro atoms. The van der Waals surface area contributed by atoms with Gasteiger partial charge in [0, 0.05) is 47.4 Å². The van der Waals surface area contributed by atoms with Gasteiger partial charge < -0.3 is 4.42 Å². The van der Waals surface area contributed by atoms with Crippen molar-refractivity contribution in [1.82, 2.24) is 0 Å². The maximum atomic E-state index is 6.64. The molecule has 42 heavy (non-hydrogen) atoms. The lowest BCUT2D eigenvalue weighted by Crippen LogP contribution is -1.85. The molecule has 2 heterocycles. The van der Waals surface area contributed by atoms with Crippen LogP contribution in [0.3, 0.4) is 0 Å². The molecular weight excluding hydrogens is 552 g/mol. The Labute approximate surface area is 253 Å². The van der Waals surface area contributed by atoms with Crippen LogP contribution in [0.5, 0.6) is 0 Å². The molecule has 0 saturated carbocycles. The highest BCUT2D eigenvalue weighted by Crippen LogP contribution is 2.43. The minimum atomic E-state index is 0.783. The summed E-state index contributed by atoms with van der Waals surface area (Å²) in [4.78, 5) is 1.28. The van der Waals surface area contributed by atoms with Crippen LogP contribution < -0.4 is 0 Å². The van der Waals surface area contributed by atoms with Gasteiger partial charge in [0.25, 0.3) is 0 Å². The molecule has 0 aliphatic rings. The Hall–Kier alpha value is -4.63. The minimum absolute atomic E-state index is 0.783. The molecule has 0 aliphatic heterocycles. The van der Waals surface area contributed by atoms with E-state index in [1.54, 1.807) is 0 Å². The van der Waals surface area contributed by atoms with Crippen molar-refractivity contribution in [3.05, 3.63) is 143 Å². The summed E-state index contributed by atoms with van der Waals surface area (Å²) in [5.41, 5.74) is 11.1. The number of para-hydroxylation sites is 2. The van der Waals surface area contributed by atoms with Gasteiger partial charge in [-0.05, 0) is 71.1 Å². The first-order valence-electron chi connectivity index (χ1n) is 14.0. The Bertz CT molecular complexity index is 2290. The first kappa shape index (κ1) is 25.1. The predicted molar refractivity (Wildman–Crippen MR) is 181 cm³/mol. The summed E-state index contributed by atoms with van der Waals surface area (Å²) < 4.78 is 7.61. The monoisotopic (exact) mass is 576 g/mol. The van der Waals surface area contributed by atoms with Gasteiger partial charge in [-0.25, -0.2) is 0 Å². The SMILES string of the molecule is Cc1sc2ccc(-c3cccc(-c4cccc(-c5cccc6c5oc5ccccc56)c4)c3)cc2c1-c1ccccc1Cl. The van der Waals surface area contributed by atoms with Crippen LogP contribution >= 0.6 is 22.9 Å². The number of thiophene rings is 1. The van der Waals surface area contributed by atoms with Crippen molar-refractivity contribution >= 4 is 55.0 Å². The standard InChI is InChI=1S/C39H25ClOS/c1-24-38(33-14-2-4-17-35(33)40)34-23-28(19-20-37(34)42-24)26-10-6-9-25(21-26)27-11-7-12-29(22-27)30-15-8-16-32-31-13-3-5-18-36(31)41-39(30)32/h2-23H,1H3. The van der Waals surface area contributed by atoms with Crippen molar-refractivity contribution in [2.75, 3.05) is 0 Å². The van der Waals surface area contributed by atoms with E-state index in [4.69, 9.17) is 16.0 Å². The van der Waals surface area contributed by atoms with Gasteiger partial charge in [0.2, 0.25) is 0 Å². The number of benzene rings is 6. The number of furan rings is 1. The Kier molecular flexibility index (Phi) is 5.99. The van der Waals surface area contributed by atoms with E-state index in [9.17, 15) is 0 Å². The number of hydrogen-bond donors (Lipinski definition) is 0. The van der Waals surface area contributed by atoms with Gasteiger partial charge in [-0.15, -0.1) is 11.3 Å². The highest BCUT2D eigenvalue weighted by atomic mass is 35.5. The largest absolute Gasteiger partial charge is 0.455 e. The van der Waals surface area contributed by atoms with Crippen molar-refractivity contribution < 1.29 is 4.42 Å². The fourth-order valence-corrected chi connectivity index (χ4v) is 7.41. The third-order valence-electron chi connectivity index (χ3n) is 8.11. The third kappa shape index (κ3) is 4.15. The molecule has 3 heteroatoms. The van der Waals surface area contributed by atoms with E-state index in [2.05, 4.69) is 116 Å². The molecule has 200 valence electrons. The molecule has 2 aromatic heterocycles. The Morgan fingerprint density at radius 2 is 1.14 bits per heavy atom. The summed E-state index contributed by atoms with van der Waals surface area (Å²) in [5.74, 6) is 0. The second-order valence-electron chi connectivity index (χ2n) is 10.7. The van der Waals surface area contributed by atoms with E-state index >= 15 is 0 Å². The van der Waals surface area contributed by atoms with Crippen LogP contribution in [0.25, 0.3) is 76.5 Å². The van der Waals surface area contributed by atoms with Crippen LogP contribution in [0, 0.1) is 6.92 Å². The second kappa shape index (κ2) is 10.0. The predicted octanol–water partition coefficient (Wildman–Crippen LogP) is 12.4. The van der Waals surface area contributed by atoms with Crippen LogP contribution in [0.1, 0.15) is 4.88 Å². The van der Waals surface area contributed by atoms with Crippen LogP contribution in [0.2, 0.25) is 5.02 Å². The molecule has 6 aromatic carbocycles. The van der Waals surface area contributed by atoms with Crippen molar-refractivity contribution in [1.29, 1.82) is 0 Å². The maximum Gasteiger partial charge on any atom is 0.143 e. The van der Waals surface area contributed by atoms with E-state index in [0.29, 0.717) is 0 Å². The molecule has 0 radical (unpaired) electrons. The lowest BCUT2D eigenvalue weighted by atomic mass is 9.94. The Balaban J connectivity index is 1.21. The van der Waals surface area contributed by atoms with E-state index in [0.717, 1.165) is 43.7 Å². The highest BCUT2D eigenvalue weighted by Gasteiger charge is 2.16. The summed E-state index contributed by atoms with van der Waals surface area (Å²) in [6, 6.07) is 47.1. The highest BCUT2D eigenvalue weighted by molar-refractivity contribution is 7.19. The average molecular weight is 577 g/mol. The Morgan fingerprint density at radius 3 is 1.95 bits per heavy atom. The molecule has 0 atom stereocenters. The number of fused-ring (bicyclic) bond motifs is 4. The van der Waals surface area contributed by atoms with Gasteiger partial charge >= 0.3 is 0 Å². The zero-order valence-electron chi connectivity index (χ0n) is 22.9. The van der Waals surface area contributed by atoms with Crippen molar-refractivity contribution in [3.63, 3.8) is 0 Å². The molecule has 0 aliphatic carbocycles. The molecule has 8 rings (SSSR count). The molecule has 0 fully saturated rings. The van der Waals surface area contributed by atoms with Crippen molar-refractivity contribution in [2.24, 2.45) is 0 Å². The number of rotatable bonds is 4. The molecule has 8 aromatic rings. The summed E-state index contributed by atoms with van der Waals surface area (Å²) in [6.07, 6.45) is 0. The molecule has 0 bridgehead atoms. The van der Waals surface area contributed by atoms with Gasteiger partial charge in [0.05, 0.1) is 0 Å². The maximum absolute atomic E-state index is 6.64. The van der Waals surface area contributed by atoms with Gasteiger partial charge in [-0.1, -0.05) is 109 Å². The Morgan fingerprint density at radius 1 is 0.524 bits per heavy atom. The van der Waals surface area contributed by atoms with Gasteiger partial charge in [0.1, 0.15) is 11.2 Å². The number of aryl methyl sites for hydroxylation is 1. The normalized spacial score (nSPS) is 11.6. The fourth-order valence-electron chi connectivity index (χ4n) is 6.12. The first-order chi connectivity index (χ1) is 20.6. The average Bonchev–Trinajstić information content (AvgIpc) is 3.58. The minimum Gasteiger partial charge on any atom is -0.455 e. The summed E-state index contributed by atoms with van der Waals surface area (Å²) in [5, 5.41) is 4.32. The van der Waals surface area contributed by atoms with Gasteiger partial charge in [0.15, 0.2) is 0 Å². The van der Waals surface area contributed by atoms with Crippen LogP contribution in [-0.4, -0.2) is 0 Å². The molecule has 0 N–H and O–H groups in total. The molecule has 1 nitrogen and oxygen atoms in total. The van der Waals surface area contributed by atoms with E-state index in [-0.39, 0.29) is 0 Å². The van der Waals surface area contributed by atoms with Crippen LogP contribution in [-0.2, 0) is 0 Å². The number of halogens is 1. The molecule has 0 unspecified atom stereocenters. The summed E-state index contributed by atoms with van der Waals surface area (Å²) in [7, 11) is 0. The van der Waals surface area contributed by atoms with E-state index in [1.807, 2.05) is 35.6 Å². The zero-order valence-corrected chi connectivity index (χ0v) is 24.5. The van der Waals surface area contributed by atoms with Crippen molar-refractivity contribution in [3.8, 4) is 44.5 Å². The van der Waals surface area contributed by atoms with E-state index in [1.165, 1.54) is 42.8 Å². The second-order valence-corrected chi connectivity index (χ2v) is 12.3. The van der Waals surface area contributed by atoms with Crippen molar-refractivity contribution in [2.45, 2.75) is 6.92 Å². The molecule has 0 saturated heterocycles. The quantitative estimate of drug-likeness (QED) is 0.203. The molecule has 0 amide bonds. The van der Waals surface area contributed by atoms with Gasteiger partial charge in [-0.3, -0.25) is 0 Å². The van der Waals surface area contributed by atoms with E-state index < -0.39 is 0 Å². The fraction of sp³-hybridized carbons (Fsp3) is 0.0256. The zero-order chi connectivity index (χ0) is 28.2. The molecular formula is C39H25ClOS. The first-order valence-corrected chi connectivity index (χ1v) is 15.2. The van der Waals surface area contributed by atoms with Crippen LogP contribution in [0.15, 0.2) is 138 Å². The lowest BCUT2D eigenvalue weighted by molar-refractivity contribution is 0.670. The third-order valence-corrected chi connectivity index (χ3v) is 9.53. The topological polar surface area (TPSA) is 13.1 Å². The smallest absolute Gasteiger partial charge is 0.143 e. The summed E-state index contributed by atoms with van der Waals surface area (Å²) in [6.45, 7) is 2.18. The summed E-state index contributed by atoms with van der Waals surface area (Å²) >= 11 is 8.46. The van der Waals surface area contributed by atoms with Gasteiger partial charge in [-0.2, -0.15) is 0 Å². The van der Waals surface area contributed by atoms with Crippen LogP contribution in [0.4, 0.5) is 0 Å². The number of hydrogen-bond acceptors (Lipinski definition) is 2.